The van der Waals surface area contributed by atoms with Crippen LogP contribution in [-0.2, 0) is 6.54 Å². The zero-order chi connectivity index (χ0) is 10.7. The van der Waals surface area contributed by atoms with Crippen LogP contribution in [0.2, 0.25) is 0 Å². The van der Waals surface area contributed by atoms with E-state index in [0.717, 1.165) is 10.9 Å². The summed E-state index contributed by atoms with van der Waals surface area (Å²) in [5.41, 5.74) is 0. The van der Waals surface area contributed by atoms with E-state index in [1.165, 1.54) is 0 Å². The van der Waals surface area contributed by atoms with E-state index in [1.54, 1.807) is 11.3 Å². The molecular weight excluding hydrogens is 220 g/mol. The molecule has 0 aliphatic heterocycles. The van der Waals surface area contributed by atoms with Gasteiger partial charge in [0.25, 0.3) is 0 Å². The summed E-state index contributed by atoms with van der Waals surface area (Å²) < 4.78 is 25.3. The minimum Gasteiger partial charge on any atom is -0.365 e. The first kappa shape index (κ1) is 9.97. The van der Waals surface area contributed by atoms with Crippen molar-refractivity contribution < 1.29 is 8.78 Å². The summed E-state index contributed by atoms with van der Waals surface area (Å²) in [6.45, 7) is 0.494. The van der Waals surface area contributed by atoms with Gasteiger partial charge < -0.3 is 5.32 Å². The molecule has 0 saturated carbocycles. The molecule has 2 aromatic heterocycles. The number of thiophene rings is 1. The van der Waals surface area contributed by atoms with Crippen molar-refractivity contribution >= 4 is 17.2 Å². The molecule has 0 atom stereocenters. The van der Waals surface area contributed by atoms with Crippen molar-refractivity contribution in [2.24, 2.45) is 0 Å². The van der Waals surface area contributed by atoms with Crippen molar-refractivity contribution in [2.75, 3.05) is 5.32 Å². The van der Waals surface area contributed by atoms with E-state index < -0.39 is 12.0 Å². The van der Waals surface area contributed by atoms with Crippen molar-refractivity contribution in [3.05, 3.63) is 40.5 Å². The zero-order valence-corrected chi connectivity index (χ0v) is 8.39. The Morgan fingerprint density at radius 1 is 1.33 bits per heavy atom. The van der Waals surface area contributed by atoms with Crippen LogP contribution in [0, 0.1) is 12.0 Å². The third-order valence-electron chi connectivity index (χ3n) is 1.69. The number of nitrogens with zero attached hydrogens (tertiary/aromatic N) is 2. The Balaban J connectivity index is 2.05. The fraction of sp³-hybridized carbons (Fsp3) is 0.111. The summed E-state index contributed by atoms with van der Waals surface area (Å²) in [7, 11) is 0. The second-order valence-corrected chi connectivity index (χ2v) is 3.81. The molecule has 0 bridgehead atoms. The molecule has 0 fully saturated rings. The predicted octanol–water partition coefficient (Wildman–Crippen LogP) is 2.43. The highest BCUT2D eigenvalue weighted by Gasteiger charge is 2.03. The molecule has 0 amide bonds. The third-order valence-corrected chi connectivity index (χ3v) is 2.57. The van der Waals surface area contributed by atoms with E-state index in [2.05, 4.69) is 15.3 Å². The molecule has 3 nitrogen and oxygen atoms in total. The normalized spacial score (nSPS) is 10.3. The van der Waals surface area contributed by atoms with Crippen molar-refractivity contribution in [1.82, 2.24) is 9.97 Å². The summed E-state index contributed by atoms with van der Waals surface area (Å²) >= 11 is 1.56. The molecule has 0 spiro atoms. The van der Waals surface area contributed by atoms with Gasteiger partial charge in [0, 0.05) is 10.9 Å². The highest BCUT2D eigenvalue weighted by Crippen LogP contribution is 2.11. The average Bonchev–Trinajstić information content (AvgIpc) is 2.65. The van der Waals surface area contributed by atoms with Gasteiger partial charge in [-0.2, -0.15) is 18.7 Å². The zero-order valence-electron chi connectivity index (χ0n) is 7.58. The Bertz CT molecular complexity index is 424. The summed E-state index contributed by atoms with van der Waals surface area (Å²) in [4.78, 5) is 7.37. The van der Waals surface area contributed by atoms with Crippen LogP contribution in [0.1, 0.15) is 4.88 Å². The fourth-order valence-corrected chi connectivity index (χ4v) is 1.72. The first-order chi connectivity index (χ1) is 7.24. The lowest BCUT2D eigenvalue weighted by atomic mass is 10.4. The largest absolute Gasteiger partial charge is 0.365 e. The second kappa shape index (κ2) is 4.31. The molecule has 0 unspecified atom stereocenters. The number of halogens is 2. The van der Waals surface area contributed by atoms with Crippen LogP contribution >= 0.6 is 11.3 Å². The monoisotopic (exact) mass is 227 g/mol. The van der Waals surface area contributed by atoms with Crippen LogP contribution in [0.4, 0.5) is 14.6 Å². The van der Waals surface area contributed by atoms with E-state index in [4.69, 9.17) is 0 Å². The van der Waals surface area contributed by atoms with Gasteiger partial charge in [0.05, 0.1) is 6.54 Å². The second-order valence-electron chi connectivity index (χ2n) is 2.78. The van der Waals surface area contributed by atoms with Crippen LogP contribution in [0.3, 0.4) is 0 Å². The van der Waals surface area contributed by atoms with Crippen LogP contribution in [0.5, 0.6) is 0 Å². The van der Waals surface area contributed by atoms with E-state index >= 15 is 0 Å². The highest BCUT2D eigenvalue weighted by molar-refractivity contribution is 7.09. The van der Waals surface area contributed by atoms with E-state index in [9.17, 15) is 8.78 Å². The van der Waals surface area contributed by atoms with E-state index in [-0.39, 0.29) is 5.82 Å². The molecule has 2 heterocycles. The lowest BCUT2D eigenvalue weighted by molar-refractivity contribution is 0.484. The maximum absolute atomic E-state index is 12.7. The minimum atomic E-state index is -1.07. The van der Waals surface area contributed by atoms with Gasteiger partial charge in [-0.3, -0.25) is 0 Å². The summed E-state index contributed by atoms with van der Waals surface area (Å²) in [5, 5.41) is 4.74. The summed E-state index contributed by atoms with van der Waals surface area (Å²) in [5.74, 6) is -0.732. The average molecular weight is 227 g/mol. The van der Waals surface area contributed by atoms with Crippen molar-refractivity contribution in [1.29, 1.82) is 0 Å². The van der Waals surface area contributed by atoms with Gasteiger partial charge in [0.15, 0.2) is 0 Å². The predicted molar refractivity (Wildman–Crippen MR) is 53.6 cm³/mol. The Hall–Kier alpha value is -1.56. The van der Waals surface area contributed by atoms with E-state index in [0.29, 0.717) is 6.54 Å². The lowest BCUT2D eigenvalue weighted by Gasteiger charge is -2.02. The molecule has 2 aromatic rings. The Labute approximate surface area is 88.8 Å². The quantitative estimate of drug-likeness (QED) is 0.646. The SMILES string of the molecule is Fc1cc(NCc2cccs2)nc(F)n1. The van der Waals surface area contributed by atoms with Gasteiger partial charge in [-0.05, 0) is 11.4 Å². The molecule has 0 aliphatic rings. The van der Waals surface area contributed by atoms with Gasteiger partial charge in [-0.1, -0.05) is 6.07 Å². The van der Waals surface area contributed by atoms with Gasteiger partial charge in [0.2, 0.25) is 5.95 Å². The number of rotatable bonds is 3. The summed E-state index contributed by atoms with van der Waals surface area (Å²) in [6.07, 6.45) is -1.07. The maximum atomic E-state index is 12.7. The summed E-state index contributed by atoms with van der Waals surface area (Å²) in [6, 6.07) is 4.88. The standard InChI is InChI=1S/C9H7F2N3S/c10-7-4-8(14-9(11)13-7)12-5-6-2-1-3-15-6/h1-4H,5H2,(H,12,13,14). The van der Waals surface area contributed by atoms with Crippen molar-refractivity contribution in [3.8, 4) is 0 Å². The maximum Gasteiger partial charge on any atom is 0.313 e. The first-order valence-electron chi connectivity index (χ1n) is 4.20. The smallest absolute Gasteiger partial charge is 0.313 e. The first-order valence-corrected chi connectivity index (χ1v) is 5.08. The number of nitrogens with one attached hydrogen (secondary N) is 1. The van der Waals surface area contributed by atoms with Gasteiger partial charge in [-0.25, -0.2) is 0 Å². The highest BCUT2D eigenvalue weighted by atomic mass is 32.1. The molecule has 15 heavy (non-hydrogen) atoms. The van der Waals surface area contributed by atoms with Crippen LogP contribution in [-0.4, -0.2) is 9.97 Å². The fourth-order valence-electron chi connectivity index (χ4n) is 1.07. The Kier molecular flexibility index (Phi) is 2.86. The molecular formula is C9H7F2N3S. The number of hydrogen-bond acceptors (Lipinski definition) is 4. The van der Waals surface area contributed by atoms with Crippen molar-refractivity contribution in [3.63, 3.8) is 0 Å². The molecule has 0 aromatic carbocycles. The number of aromatic nitrogens is 2. The van der Waals surface area contributed by atoms with Gasteiger partial charge in [0.1, 0.15) is 5.82 Å². The molecule has 2 rings (SSSR count). The Morgan fingerprint density at radius 2 is 2.20 bits per heavy atom. The Morgan fingerprint density at radius 3 is 2.87 bits per heavy atom. The van der Waals surface area contributed by atoms with Crippen LogP contribution in [0.15, 0.2) is 23.6 Å². The molecule has 0 saturated heterocycles. The molecule has 78 valence electrons. The molecule has 6 heteroatoms. The van der Waals surface area contributed by atoms with Gasteiger partial charge in [-0.15, -0.1) is 11.3 Å². The molecule has 0 aliphatic carbocycles. The molecule has 1 N–H and O–H groups in total. The van der Waals surface area contributed by atoms with Crippen LogP contribution < -0.4 is 5.32 Å². The van der Waals surface area contributed by atoms with Crippen molar-refractivity contribution in [2.45, 2.75) is 6.54 Å². The minimum absolute atomic E-state index is 0.147. The third kappa shape index (κ3) is 2.69. The number of anilines is 1. The molecule has 0 radical (unpaired) electrons. The van der Waals surface area contributed by atoms with E-state index in [1.807, 2.05) is 17.5 Å². The number of hydrogen-bond donors (Lipinski definition) is 1. The van der Waals surface area contributed by atoms with Gasteiger partial charge >= 0.3 is 6.08 Å². The van der Waals surface area contributed by atoms with Crippen LogP contribution in [0.25, 0.3) is 0 Å². The topological polar surface area (TPSA) is 37.8 Å². The lowest BCUT2D eigenvalue weighted by Crippen LogP contribution is -2.03.